The van der Waals surface area contributed by atoms with Crippen LogP contribution in [-0.4, -0.2) is 84.8 Å². The number of carbonyl (C=O) groups excluding carboxylic acids is 3. The predicted octanol–water partition coefficient (Wildman–Crippen LogP) is -0.721. The summed E-state index contributed by atoms with van der Waals surface area (Å²) in [7, 11) is 0. The third kappa shape index (κ3) is 4.69. The molecule has 0 spiro atoms. The lowest BCUT2D eigenvalue weighted by atomic mass is 10.1. The van der Waals surface area contributed by atoms with Crippen molar-refractivity contribution in [2.45, 2.75) is 26.2 Å². The van der Waals surface area contributed by atoms with Gasteiger partial charge in [0.1, 0.15) is 0 Å². The Bertz CT molecular complexity index is 419. The summed E-state index contributed by atoms with van der Waals surface area (Å²) in [6, 6.07) is 0. The van der Waals surface area contributed by atoms with Crippen LogP contribution in [0.3, 0.4) is 0 Å². The Labute approximate surface area is 131 Å². The van der Waals surface area contributed by atoms with Crippen molar-refractivity contribution in [2.75, 3.05) is 52.4 Å². The van der Waals surface area contributed by atoms with Crippen LogP contribution in [-0.2, 0) is 14.4 Å². The van der Waals surface area contributed by atoms with Crippen LogP contribution < -0.4 is 5.32 Å². The van der Waals surface area contributed by atoms with Crippen molar-refractivity contribution in [1.82, 2.24) is 20.0 Å². The third-order valence-electron chi connectivity index (χ3n) is 4.21. The number of piperidine rings is 1. The lowest BCUT2D eigenvalue weighted by Crippen LogP contribution is -2.53. The summed E-state index contributed by atoms with van der Waals surface area (Å²) in [4.78, 5) is 41.1. The molecule has 2 aliphatic rings. The standard InChI is InChI=1S/C15H26N4O3/c1-2-16-13(20)11-17-7-9-18(10-8-17)15(22)12-19-6-4-3-5-14(19)21/h2-12H2,1H3,(H,16,20). The molecular weight excluding hydrogens is 284 g/mol. The maximum atomic E-state index is 12.3. The van der Waals surface area contributed by atoms with Gasteiger partial charge in [0.2, 0.25) is 17.7 Å². The van der Waals surface area contributed by atoms with Crippen molar-refractivity contribution >= 4 is 17.7 Å². The van der Waals surface area contributed by atoms with Gasteiger partial charge in [0.15, 0.2) is 0 Å². The Morgan fingerprint density at radius 1 is 1.05 bits per heavy atom. The van der Waals surface area contributed by atoms with Crippen molar-refractivity contribution in [3.63, 3.8) is 0 Å². The van der Waals surface area contributed by atoms with E-state index in [-0.39, 0.29) is 24.3 Å². The second-order valence-electron chi connectivity index (χ2n) is 5.88. The van der Waals surface area contributed by atoms with E-state index in [1.54, 1.807) is 9.80 Å². The summed E-state index contributed by atoms with van der Waals surface area (Å²) in [5.74, 6) is 0.142. The molecule has 22 heavy (non-hydrogen) atoms. The molecule has 0 radical (unpaired) electrons. The van der Waals surface area contributed by atoms with Crippen LogP contribution in [0.25, 0.3) is 0 Å². The first kappa shape index (κ1) is 16.7. The van der Waals surface area contributed by atoms with Crippen LogP contribution in [0, 0.1) is 0 Å². The molecule has 0 unspecified atom stereocenters. The van der Waals surface area contributed by atoms with E-state index in [0.29, 0.717) is 52.2 Å². The number of amides is 3. The van der Waals surface area contributed by atoms with Crippen molar-refractivity contribution in [1.29, 1.82) is 0 Å². The molecular formula is C15H26N4O3. The van der Waals surface area contributed by atoms with E-state index >= 15 is 0 Å². The minimum atomic E-state index is 0.0212. The van der Waals surface area contributed by atoms with Gasteiger partial charge >= 0.3 is 0 Å². The predicted molar refractivity (Wildman–Crippen MR) is 82.1 cm³/mol. The van der Waals surface area contributed by atoms with Gasteiger partial charge in [-0.05, 0) is 19.8 Å². The van der Waals surface area contributed by atoms with Crippen LogP contribution >= 0.6 is 0 Å². The molecule has 1 N–H and O–H groups in total. The molecule has 0 aromatic carbocycles. The fraction of sp³-hybridized carbons (Fsp3) is 0.800. The first-order valence-corrected chi connectivity index (χ1v) is 8.14. The molecule has 2 aliphatic heterocycles. The van der Waals surface area contributed by atoms with E-state index in [1.807, 2.05) is 6.92 Å². The summed E-state index contributed by atoms with van der Waals surface area (Å²) < 4.78 is 0. The fourth-order valence-corrected chi connectivity index (χ4v) is 2.90. The van der Waals surface area contributed by atoms with Gasteiger partial charge < -0.3 is 15.1 Å². The Balaban J connectivity index is 1.72. The second kappa shape index (κ2) is 8.12. The van der Waals surface area contributed by atoms with Crippen LogP contribution in [0.2, 0.25) is 0 Å². The SMILES string of the molecule is CCNC(=O)CN1CCN(C(=O)CN2CCCCC2=O)CC1. The Kier molecular flexibility index (Phi) is 6.18. The molecule has 0 saturated carbocycles. The Morgan fingerprint density at radius 3 is 2.41 bits per heavy atom. The van der Waals surface area contributed by atoms with Gasteiger partial charge in [-0.25, -0.2) is 0 Å². The molecule has 0 atom stereocenters. The number of piperazine rings is 1. The summed E-state index contributed by atoms with van der Waals surface area (Å²) >= 11 is 0. The highest BCUT2D eigenvalue weighted by Crippen LogP contribution is 2.11. The van der Waals surface area contributed by atoms with E-state index in [1.165, 1.54) is 0 Å². The van der Waals surface area contributed by atoms with Gasteiger partial charge in [-0.15, -0.1) is 0 Å². The third-order valence-corrected chi connectivity index (χ3v) is 4.21. The molecule has 7 nitrogen and oxygen atoms in total. The average molecular weight is 310 g/mol. The van der Waals surface area contributed by atoms with Gasteiger partial charge in [0, 0.05) is 45.7 Å². The molecule has 0 aliphatic carbocycles. The lowest BCUT2D eigenvalue weighted by Gasteiger charge is -2.36. The summed E-state index contributed by atoms with van der Waals surface area (Å²) in [6.45, 7) is 6.49. The fourth-order valence-electron chi connectivity index (χ4n) is 2.90. The zero-order valence-corrected chi connectivity index (χ0v) is 13.3. The minimum absolute atomic E-state index is 0.0212. The molecule has 2 fully saturated rings. The molecule has 0 bridgehead atoms. The normalized spacial score (nSPS) is 20.1. The van der Waals surface area contributed by atoms with E-state index in [0.717, 1.165) is 12.8 Å². The summed E-state index contributed by atoms with van der Waals surface area (Å²) in [6.07, 6.45) is 2.48. The van der Waals surface area contributed by atoms with Crippen molar-refractivity contribution in [3.8, 4) is 0 Å². The molecule has 124 valence electrons. The highest BCUT2D eigenvalue weighted by molar-refractivity contribution is 5.85. The zero-order chi connectivity index (χ0) is 15.9. The van der Waals surface area contributed by atoms with Crippen LogP contribution in [0.5, 0.6) is 0 Å². The highest BCUT2D eigenvalue weighted by atomic mass is 16.2. The molecule has 2 heterocycles. The number of carbonyl (C=O) groups is 3. The molecule has 0 aromatic heterocycles. The first-order valence-electron chi connectivity index (χ1n) is 8.14. The monoisotopic (exact) mass is 310 g/mol. The van der Waals surface area contributed by atoms with Crippen LogP contribution in [0.1, 0.15) is 26.2 Å². The zero-order valence-electron chi connectivity index (χ0n) is 13.3. The van der Waals surface area contributed by atoms with E-state index < -0.39 is 0 Å². The molecule has 3 amide bonds. The largest absolute Gasteiger partial charge is 0.355 e. The smallest absolute Gasteiger partial charge is 0.242 e. The Morgan fingerprint density at radius 2 is 1.77 bits per heavy atom. The first-order chi connectivity index (χ1) is 10.6. The second-order valence-corrected chi connectivity index (χ2v) is 5.88. The average Bonchev–Trinajstić information content (AvgIpc) is 2.50. The number of rotatable bonds is 5. The van der Waals surface area contributed by atoms with Gasteiger partial charge in [-0.1, -0.05) is 0 Å². The van der Waals surface area contributed by atoms with Crippen molar-refractivity contribution in [3.05, 3.63) is 0 Å². The number of hydrogen-bond donors (Lipinski definition) is 1. The van der Waals surface area contributed by atoms with Gasteiger partial charge in [-0.2, -0.15) is 0 Å². The maximum absolute atomic E-state index is 12.3. The van der Waals surface area contributed by atoms with Gasteiger partial charge in [-0.3, -0.25) is 19.3 Å². The summed E-state index contributed by atoms with van der Waals surface area (Å²) in [5, 5.41) is 2.78. The van der Waals surface area contributed by atoms with E-state index in [9.17, 15) is 14.4 Å². The molecule has 7 heteroatoms. The maximum Gasteiger partial charge on any atom is 0.242 e. The van der Waals surface area contributed by atoms with Crippen molar-refractivity contribution < 1.29 is 14.4 Å². The molecule has 2 saturated heterocycles. The topological polar surface area (TPSA) is 73.0 Å². The van der Waals surface area contributed by atoms with Crippen LogP contribution in [0.4, 0.5) is 0 Å². The lowest BCUT2D eigenvalue weighted by molar-refractivity contribution is -0.143. The number of nitrogens with zero attached hydrogens (tertiary/aromatic N) is 3. The number of nitrogens with one attached hydrogen (secondary N) is 1. The van der Waals surface area contributed by atoms with Crippen LogP contribution in [0.15, 0.2) is 0 Å². The van der Waals surface area contributed by atoms with Crippen molar-refractivity contribution in [2.24, 2.45) is 0 Å². The number of likely N-dealkylation sites (tertiary alicyclic amines) is 1. The number of hydrogen-bond acceptors (Lipinski definition) is 4. The summed E-state index contributed by atoms with van der Waals surface area (Å²) in [5.41, 5.74) is 0. The van der Waals surface area contributed by atoms with Gasteiger partial charge in [0.25, 0.3) is 0 Å². The Hall–Kier alpha value is -1.63. The quantitative estimate of drug-likeness (QED) is 0.727. The van der Waals surface area contributed by atoms with E-state index in [2.05, 4.69) is 10.2 Å². The number of likely N-dealkylation sites (N-methyl/N-ethyl adjacent to an activating group) is 1. The highest BCUT2D eigenvalue weighted by Gasteiger charge is 2.26. The van der Waals surface area contributed by atoms with Gasteiger partial charge in [0.05, 0.1) is 13.1 Å². The van der Waals surface area contributed by atoms with E-state index in [4.69, 9.17) is 0 Å². The minimum Gasteiger partial charge on any atom is -0.355 e. The molecule has 0 aromatic rings. The molecule has 2 rings (SSSR count).